The number of carbonyl (C=O) groups excluding carboxylic acids is 1. The highest BCUT2D eigenvalue weighted by atomic mass is 32.2. The Morgan fingerprint density at radius 2 is 1.78 bits per heavy atom. The fourth-order valence-electron chi connectivity index (χ4n) is 3.22. The molecule has 1 aliphatic heterocycles. The molecule has 7 heteroatoms. The van der Waals surface area contributed by atoms with Crippen molar-refractivity contribution in [3.05, 3.63) is 60.2 Å². The standard InChI is InChI=1S/C20H24N2O4S/c1-20(2,13-15-9-5-4-6-10-15)21-19(23)18-14-22(27(3,24)25)16-11-7-8-12-17(16)26-18/h4-12,18H,13-14H2,1-3H3,(H,21,23)/t18-/m0/s1. The highest BCUT2D eigenvalue weighted by Crippen LogP contribution is 2.34. The number of amides is 1. The summed E-state index contributed by atoms with van der Waals surface area (Å²) in [5, 5.41) is 2.99. The van der Waals surface area contributed by atoms with Gasteiger partial charge in [0.05, 0.1) is 18.5 Å². The molecule has 0 aromatic heterocycles. The maximum Gasteiger partial charge on any atom is 0.263 e. The van der Waals surface area contributed by atoms with E-state index in [0.717, 1.165) is 11.8 Å². The third-order valence-electron chi connectivity index (χ3n) is 4.38. The van der Waals surface area contributed by atoms with Crippen LogP contribution in [0.4, 0.5) is 5.69 Å². The molecule has 3 rings (SSSR count). The van der Waals surface area contributed by atoms with Gasteiger partial charge in [-0.3, -0.25) is 9.10 Å². The van der Waals surface area contributed by atoms with Crippen LogP contribution in [0.2, 0.25) is 0 Å². The number of hydrogen-bond acceptors (Lipinski definition) is 4. The van der Waals surface area contributed by atoms with E-state index in [9.17, 15) is 13.2 Å². The molecule has 2 aromatic rings. The smallest absolute Gasteiger partial charge is 0.263 e. The first-order valence-corrected chi connectivity index (χ1v) is 10.6. The number of nitrogens with one attached hydrogen (secondary N) is 1. The van der Waals surface area contributed by atoms with Gasteiger partial charge in [0.15, 0.2) is 6.10 Å². The van der Waals surface area contributed by atoms with E-state index in [4.69, 9.17) is 4.74 Å². The van der Waals surface area contributed by atoms with Gasteiger partial charge in [-0.1, -0.05) is 42.5 Å². The molecule has 0 saturated carbocycles. The van der Waals surface area contributed by atoms with Gasteiger partial charge >= 0.3 is 0 Å². The Morgan fingerprint density at radius 3 is 2.44 bits per heavy atom. The quantitative estimate of drug-likeness (QED) is 0.853. The van der Waals surface area contributed by atoms with Gasteiger partial charge in [0, 0.05) is 5.54 Å². The Hall–Kier alpha value is -2.54. The minimum Gasteiger partial charge on any atom is -0.476 e. The molecule has 27 heavy (non-hydrogen) atoms. The Balaban J connectivity index is 1.77. The Bertz CT molecular complexity index is 926. The van der Waals surface area contributed by atoms with E-state index in [2.05, 4.69) is 5.32 Å². The second-order valence-electron chi connectivity index (χ2n) is 7.40. The lowest BCUT2D eigenvalue weighted by molar-refractivity contribution is -0.129. The predicted molar refractivity (Wildman–Crippen MR) is 105 cm³/mol. The summed E-state index contributed by atoms with van der Waals surface area (Å²) in [5.74, 6) is 0.0503. The summed E-state index contributed by atoms with van der Waals surface area (Å²) < 4.78 is 31.4. The Morgan fingerprint density at radius 1 is 1.15 bits per heavy atom. The van der Waals surface area contributed by atoms with Crippen LogP contribution in [-0.4, -0.2) is 38.8 Å². The van der Waals surface area contributed by atoms with Gasteiger partial charge in [-0.05, 0) is 38.0 Å². The zero-order valence-electron chi connectivity index (χ0n) is 15.7. The van der Waals surface area contributed by atoms with Crippen LogP contribution in [0.5, 0.6) is 5.75 Å². The first-order valence-electron chi connectivity index (χ1n) is 8.75. The number of para-hydroxylation sites is 2. The lowest BCUT2D eigenvalue weighted by atomic mass is 9.94. The Labute approximate surface area is 160 Å². The molecule has 0 bridgehead atoms. The van der Waals surface area contributed by atoms with Gasteiger partial charge in [-0.2, -0.15) is 0 Å². The van der Waals surface area contributed by atoms with Crippen molar-refractivity contribution >= 4 is 21.6 Å². The van der Waals surface area contributed by atoms with Crippen LogP contribution in [0.25, 0.3) is 0 Å². The molecule has 0 spiro atoms. The third kappa shape index (κ3) is 4.60. The highest BCUT2D eigenvalue weighted by molar-refractivity contribution is 7.92. The second kappa shape index (κ2) is 7.23. The lowest BCUT2D eigenvalue weighted by Crippen LogP contribution is -2.55. The minimum absolute atomic E-state index is 0.0525. The normalized spacial score (nSPS) is 17.0. The first kappa shape index (κ1) is 19.2. The van der Waals surface area contributed by atoms with E-state index >= 15 is 0 Å². The predicted octanol–water partition coefficient (Wildman–Crippen LogP) is 2.35. The summed E-state index contributed by atoms with van der Waals surface area (Å²) in [6, 6.07) is 16.7. The molecule has 2 aromatic carbocycles. The molecular weight excluding hydrogens is 364 g/mol. The summed E-state index contributed by atoms with van der Waals surface area (Å²) in [6.07, 6.45) is 0.868. The highest BCUT2D eigenvalue weighted by Gasteiger charge is 2.36. The number of anilines is 1. The maximum atomic E-state index is 12.8. The maximum absolute atomic E-state index is 12.8. The van der Waals surface area contributed by atoms with Gasteiger partial charge < -0.3 is 10.1 Å². The lowest BCUT2D eigenvalue weighted by Gasteiger charge is -2.36. The molecule has 1 aliphatic rings. The molecule has 0 saturated heterocycles. The van der Waals surface area contributed by atoms with Crippen molar-refractivity contribution in [3.63, 3.8) is 0 Å². The van der Waals surface area contributed by atoms with Crippen LogP contribution in [0.15, 0.2) is 54.6 Å². The number of ether oxygens (including phenoxy) is 1. The zero-order valence-corrected chi connectivity index (χ0v) is 16.5. The topological polar surface area (TPSA) is 75.7 Å². The summed E-state index contributed by atoms with van der Waals surface area (Å²) >= 11 is 0. The summed E-state index contributed by atoms with van der Waals surface area (Å²) in [6.45, 7) is 3.81. The summed E-state index contributed by atoms with van der Waals surface area (Å²) in [7, 11) is -3.52. The number of hydrogen-bond donors (Lipinski definition) is 1. The van der Waals surface area contributed by atoms with E-state index in [0.29, 0.717) is 17.9 Å². The van der Waals surface area contributed by atoms with Crippen molar-refractivity contribution in [2.75, 3.05) is 17.1 Å². The molecule has 0 radical (unpaired) electrons. The molecule has 1 amide bonds. The van der Waals surface area contributed by atoms with Crippen molar-refractivity contribution in [1.82, 2.24) is 5.32 Å². The molecule has 144 valence electrons. The van der Waals surface area contributed by atoms with Gasteiger partial charge in [-0.25, -0.2) is 8.42 Å². The van der Waals surface area contributed by atoms with Gasteiger partial charge in [0.2, 0.25) is 10.0 Å². The van der Waals surface area contributed by atoms with Crippen LogP contribution in [0, 0.1) is 0 Å². The van der Waals surface area contributed by atoms with Gasteiger partial charge in [0.1, 0.15) is 5.75 Å². The van der Waals surface area contributed by atoms with Crippen molar-refractivity contribution in [3.8, 4) is 5.75 Å². The van der Waals surface area contributed by atoms with Crippen molar-refractivity contribution in [2.24, 2.45) is 0 Å². The number of carbonyl (C=O) groups is 1. The monoisotopic (exact) mass is 388 g/mol. The molecule has 1 heterocycles. The van der Waals surface area contributed by atoms with Crippen molar-refractivity contribution in [1.29, 1.82) is 0 Å². The molecule has 1 N–H and O–H groups in total. The van der Waals surface area contributed by atoms with Crippen LogP contribution in [0.3, 0.4) is 0 Å². The molecule has 0 unspecified atom stereocenters. The van der Waals surface area contributed by atoms with Gasteiger partial charge in [-0.15, -0.1) is 0 Å². The average Bonchev–Trinajstić information content (AvgIpc) is 2.60. The molecule has 1 atom stereocenters. The van der Waals surface area contributed by atoms with E-state index in [1.54, 1.807) is 24.3 Å². The molecule has 0 fully saturated rings. The number of rotatable bonds is 5. The van der Waals surface area contributed by atoms with Gasteiger partial charge in [0.25, 0.3) is 5.91 Å². The van der Waals surface area contributed by atoms with Crippen LogP contribution < -0.4 is 14.4 Å². The number of benzene rings is 2. The van der Waals surface area contributed by atoms with Crippen LogP contribution >= 0.6 is 0 Å². The molecule has 6 nitrogen and oxygen atoms in total. The van der Waals surface area contributed by atoms with Crippen LogP contribution in [0.1, 0.15) is 19.4 Å². The SMILES string of the molecule is CC(C)(Cc1ccccc1)NC(=O)[C@@H]1CN(S(C)(=O)=O)c2ccccc2O1. The van der Waals surface area contributed by atoms with E-state index in [1.807, 2.05) is 44.2 Å². The summed E-state index contributed by atoms with van der Waals surface area (Å²) in [5.41, 5.74) is 1.05. The number of fused-ring (bicyclic) bond motifs is 1. The van der Waals surface area contributed by atoms with Crippen molar-refractivity contribution in [2.45, 2.75) is 31.9 Å². The van der Waals surface area contributed by atoms with E-state index in [-0.39, 0.29) is 12.5 Å². The first-order chi connectivity index (χ1) is 12.7. The number of nitrogens with zero attached hydrogens (tertiary/aromatic N) is 1. The third-order valence-corrected chi connectivity index (χ3v) is 5.52. The molecule has 0 aliphatic carbocycles. The second-order valence-corrected chi connectivity index (χ2v) is 9.31. The van der Waals surface area contributed by atoms with E-state index < -0.39 is 21.7 Å². The minimum atomic E-state index is -3.52. The largest absolute Gasteiger partial charge is 0.476 e. The number of sulfonamides is 1. The fourth-order valence-corrected chi connectivity index (χ4v) is 4.13. The average molecular weight is 388 g/mol. The molecular formula is C20H24N2O4S. The van der Waals surface area contributed by atoms with Crippen LogP contribution in [-0.2, 0) is 21.2 Å². The zero-order chi connectivity index (χ0) is 19.7. The van der Waals surface area contributed by atoms with E-state index in [1.165, 1.54) is 4.31 Å². The Kier molecular flexibility index (Phi) is 5.15. The van der Waals surface area contributed by atoms with Crippen molar-refractivity contribution < 1.29 is 17.9 Å². The summed E-state index contributed by atoms with van der Waals surface area (Å²) in [4.78, 5) is 12.8. The fraction of sp³-hybridized carbons (Fsp3) is 0.350.